The third-order valence-corrected chi connectivity index (χ3v) is 4.78. The van der Waals surface area contributed by atoms with Crippen LogP contribution in [0, 0.1) is 5.92 Å². The lowest BCUT2D eigenvalue weighted by Gasteiger charge is -2.35. The largest absolute Gasteiger partial charge is 0.354 e. The third kappa shape index (κ3) is 5.46. The van der Waals surface area contributed by atoms with Crippen molar-refractivity contribution in [2.75, 3.05) is 51.2 Å². The Labute approximate surface area is 145 Å². The lowest BCUT2D eigenvalue weighted by molar-refractivity contribution is -0.131. The molecule has 134 valence electrons. The monoisotopic (exact) mass is 333 g/mol. The summed E-state index contributed by atoms with van der Waals surface area (Å²) in [5, 5.41) is 0. The molecule has 0 bridgehead atoms. The summed E-state index contributed by atoms with van der Waals surface area (Å²) in [6.07, 6.45) is 2.68. The van der Waals surface area contributed by atoms with Crippen molar-refractivity contribution in [3.8, 4) is 0 Å². The number of hydrogen-bond acceptors (Lipinski definition) is 5. The Morgan fingerprint density at radius 1 is 1.29 bits per heavy atom. The maximum Gasteiger partial charge on any atom is 0.236 e. The van der Waals surface area contributed by atoms with E-state index >= 15 is 0 Å². The fourth-order valence-electron chi connectivity index (χ4n) is 2.79. The van der Waals surface area contributed by atoms with Crippen LogP contribution in [0.25, 0.3) is 0 Å². The van der Waals surface area contributed by atoms with Crippen LogP contribution >= 0.6 is 0 Å². The van der Waals surface area contributed by atoms with E-state index in [9.17, 15) is 4.79 Å². The van der Waals surface area contributed by atoms with Gasteiger partial charge >= 0.3 is 0 Å². The molecule has 6 heteroatoms. The number of piperazine rings is 1. The molecule has 2 N–H and O–H groups in total. The van der Waals surface area contributed by atoms with E-state index in [1.165, 1.54) is 0 Å². The van der Waals surface area contributed by atoms with Crippen LogP contribution < -0.4 is 10.6 Å². The molecule has 2 heterocycles. The van der Waals surface area contributed by atoms with Gasteiger partial charge in [0.1, 0.15) is 5.82 Å². The van der Waals surface area contributed by atoms with Crippen LogP contribution in [0.3, 0.4) is 0 Å². The van der Waals surface area contributed by atoms with Crippen LogP contribution in [-0.2, 0) is 4.79 Å². The number of aromatic nitrogens is 1. The number of pyridine rings is 1. The van der Waals surface area contributed by atoms with Gasteiger partial charge in [-0.05, 0) is 24.5 Å². The molecule has 1 amide bonds. The van der Waals surface area contributed by atoms with Gasteiger partial charge in [-0.3, -0.25) is 9.69 Å². The Morgan fingerprint density at radius 3 is 2.58 bits per heavy atom. The molecule has 1 aliphatic rings. The quantitative estimate of drug-likeness (QED) is 0.807. The van der Waals surface area contributed by atoms with Gasteiger partial charge in [0.25, 0.3) is 0 Å². The minimum Gasteiger partial charge on any atom is -0.354 e. The number of carbonyl (C=O) groups is 1. The number of rotatable bonds is 7. The maximum atomic E-state index is 12.4. The number of likely N-dealkylation sites (N-methyl/N-ethyl adjacent to an activating group) is 1. The second kappa shape index (κ2) is 8.99. The summed E-state index contributed by atoms with van der Waals surface area (Å²) in [5.74, 6) is 1.65. The number of nitrogens with zero attached hydrogens (tertiary/aromatic N) is 4. The van der Waals surface area contributed by atoms with Crippen LogP contribution in [0.2, 0.25) is 0 Å². The van der Waals surface area contributed by atoms with Crippen molar-refractivity contribution in [3.63, 3.8) is 0 Å². The molecule has 0 saturated carbocycles. The van der Waals surface area contributed by atoms with E-state index in [1.807, 2.05) is 36.3 Å². The highest BCUT2D eigenvalue weighted by molar-refractivity contribution is 5.78. The van der Waals surface area contributed by atoms with Crippen LogP contribution in [0.4, 0.5) is 5.82 Å². The van der Waals surface area contributed by atoms with Crippen LogP contribution in [0.15, 0.2) is 24.4 Å². The van der Waals surface area contributed by atoms with Gasteiger partial charge in [0.15, 0.2) is 0 Å². The Balaban J connectivity index is 1.72. The predicted octanol–water partition coefficient (Wildman–Crippen LogP) is 1.04. The molecule has 0 spiro atoms. The van der Waals surface area contributed by atoms with Crippen molar-refractivity contribution in [3.05, 3.63) is 24.4 Å². The normalized spacial score (nSPS) is 17.1. The van der Waals surface area contributed by atoms with Gasteiger partial charge in [-0.1, -0.05) is 19.9 Å². The fraction of sp³-hybridized carbons (Fsp3) is 0.667. The number of nitrogens with two attached hydrogens (primary N) is 1. The minimum absolute atomic E-state index is 0.155. The zero-order valence-electron chi connectivity index (χ0n) is 15.2. The minimum atomic E-state index is 0.155. The molecule has 1 fully saturated rings. The van der Waals surface area contributed by atoms with Crippen molar-refractivity contribution >= 4 is 11.7 Å². The fourth-order valence-corrected chi connectivity index (χ4v) is 2.79. The molecule has 2 rings (SSSR count). The first kappa shape index (κ1) is 18.7. The first-order valence-electron chi connectivity index (χ1n) is 8.85. The summed E-state index contributed by atoms with van der Waals surface area (Å²) < 4.78 is 0. The topological polar surface area (TPSA) is 65.7 Å². The average Bonchev–Trinajstić information content (AvgIpc) is 2.60. The molecule has 1 aromatic heterocycles. The molecule has 24 heavy (non-hydrogen) atoms. The average molecular weight is 333 g/mol. The summed E-state index contributed by atoms with van der Waals surface area (Å²) in [7, 11) is 1.87. The van der Waals surface area contributed by atoms with E-state index in [1.54, 1.807) is 0 Å². The highest BCUT2D eigenvalue weighted by atomic mass is 16.2. The Kier molecular flexibility index (Phi) is 6.99. The predicted molar refractivity (Wildman–Crippen MR) is 98.0 cm³/mol. The second-order valence-electron chi connectivity index (χ2n) is 6.96. The van der Waals surface area contributed by atoms with Crippen LogP contribution in [-0.4, -0.2) is 73.0 Å². The Hall–Kier alpha value is -1.66. The number of carbonyl (C=O) groups excluding carboxylic acids is 1. The lowest BCUT2D eigenvalue weighted by atomic mass is 10.0. The molecular formula is C18H31N5O. The van der Waals surface area contributed by atoms with Gasteiger partial charge in [-0.25, -0.2) is 4.98 Å². The number of amides is 1. The summed E-state index contributed by atoms with van der Waals surface area (Å²) in [6.45, 7) is 9.05. The summed E-state index contributed by atoms with van der Waals surface area (Å²) in [4.78, 5) is 23.1. The molecule has 0 aliphatic carbocycles. The SMILES string of the molecule is CC(C)C(N)CCN(C)C(=O)CN1CCN(c2ccccn2)CC1. The molecule has 1 atom stereocenters. The molecule has 0 radical (unpaired) electrons. The molecule has 1 unspecified atom stereocenters. The zero-order valence-corrected chi connectivity index (χ0v) is 15.2. The van der Waals surface area contributed by atoms with Crippen molar-refractivity contribution in [1.29, 1.82) is 0 Å². The zero-order chi connectivity index (χ0) is 17.5. The molecule has 1 aromatic rings. The Morgan fingerprint density at radius 2 is 2.00 bits per heavy atom. The van der Waals surface area contributed by atoms with Gasteiger partial charge in [0.2, 0.25) is 5.91 Å². The smallest absolute Gasteiger partial charge is 0.236 e. The Bertz CT molecular complexity index is 499. The highest BCUT2D eigenvalue weighted by Crippen LogP contribution is 2.12. The summed E-state index contributed by atoms with van der Waals surface area (Å²) in [6, 6.07) is 6.13. The van der Waals surface area contributed by atoms with Crippen molar-refractivity contribution in [2.24, 2.45) is 11.7 Å². The van der Waals surface area contributed by atoms with Gasteiger partial charge in [0.05, 0.1) is 6.54 Å². The first-order chi connectivity index (χ1) is 11.5. The summed E-state index contributed by atoms with van der Waals surface area (Å²) >= 11 is 0. The van der Waals surface area contributed by atoms with Crippen molar-refractivity contribution in [1.82, 2.24) is 14.8 Å². The molecule has 0 aromatic carbocycles. The van der Waals surface area contributed by atoms with Crippen LogP contribution in [0.1, 0.15) is 20.3 Å². The van der Waals surface area contributed by atoms with E-state index in [0.717, 1.165) is 45.0 Å². The van der Waals surface area contributed by atoms with Crippen LogP contribution in [0.5, 0.6) is 0 Å². The van der Waals surface area contributed by atoms with Gasteiger partial charge in [-0.15, -0.1) is 0 Å². The first-order valence-corrected chi connectivity index (χ1v) is 8.85. The maximum absolute atomic E-state index is 12.4. The number of hydrogen-bond donors (Lipinski definition) is 1. The van der Waals surface area contributed by atoms with E-state index in [2.05, 4.69) is 28.6 Å². The van der Waals surface area contributed by atoms with E-state index in [0.29, 0.717) is 12.5 Å². The lowest BCUT2D eigenvalue weighted by Crippen LogP contribution is -2.50. The van der Waals surface area contributed by atoms with Crippen molar-refractivity contribution < 1.29 is 4.79 Å². The second-order valence-corrected chi connectivity index (χ2v) is 6.96. The van der Waals surface area contributed by atoms with Gasteiger partial charge in [0, 0.05) is 52.0 Å². The highest BCUT2D eigenvalue weighted by Gasteiger charge is 2.21. The molecule has 1 saturated heterocycles. The third-order valence-electron chi connectivity index (χ3n) is 4.78. The number of anilines is 1. The standard InChI is InChI=1S/C18H31N5O/c1-15(2)16(19)7-9-21(3)18(24)14-22-10-12-23(13-11-22)17-6-4-5-8-20-17/h4-6,8,15-16H,7,9-14,19H2,1-3H3. The van der Waals surface area contributed by atoms with E-state index in [-0.39, 0.29) is 11.9 Å². The van der Waals surface area contributed by atoms with Gasteiger partial charge < -0.3 is 15.5 Å². The van der Waals surface area contributed by atoms with E-state index < -0.39 is 0 Å². The molecular weight excluding hydrogens is 302 g/mol. The molecule has 1 aliphatic heterocycles. The molecule has 6 nitrogen and oxygen atoms in total. The van der Waals surface area contributed by atoms with Crippen molar-refractivity contribution in [2.45, 2.75) is 26.3 Å². The van der Waals surface area contributed by atoms with E-state index in [4.69, 9.17) is 5.73 Å². The summed E-state index contributed by atoms with van der Waals surface area (Å²) in [5.41, 5.74) is 6.06. The van der Waals surface area contributed by atoms with Gasteiger partial charge in [-0.2, -0.15) is 0 Å².